The highest BCUT2D eigenvalue weighted by Crippen LogP contribution is 2.22. The molecule has 0 aromatic heterocycles. The highest BCUT2D eigenvalue weighted by Gasteiger charge is 2.24. The predicted octanol–water partition coefficient (Wildman–Crippen LogP) is 2.77. The molecule has 0 aliphatic rings. The molecule has 0 spiro atoms. The molecule has 0 aliphatic heterocycles. The number of carbonyl (C=O) groups excluding carboxylic acids is 2. The second kappa shape index (κ2) is 8.85. The van der Waals surface area contributed by atoms with Crippen LogP contribution in [0.1, 0.15) is 29.8 Å². The van der Waals surface area contributed by atoms with Gasteiger partial charge in [0.25, 0.3) is 5.91 Å². The van der Waals surface area contributed by atoms with E-state index in [0.717, 1.165) is 0 Å². The average molecular weight is 404 g/mol. The molecule has 0 aliphatic carbocycles. The first kappa shape index (κ1) is 21.4. The summed E-state index contributed by atoms with van der Waals surface area (Å²) < 4.78 is 27.0. The lowest BCUT2D eigenvalue weighted by molar-refractivity contribution is 0.102. The molecular weight excluding hydrogens is 380 g/mol. The summed E-state index contributed by atoms with van der Waals surface area (Å²) in [6.07, 6.45) is 0. The number of amides is 3. The zero-order valence-electron chi connectivity index (χ0n) is 16.0. The second-order valence-corrected chi connectivity index (χ2v) is 8.00. The molecule has 0 bridgehead atoms. The van der Waals surface area contributed by atoms with Gasteiger partial charge in [0.2, 0.25) is 10.0 Å². The Morgan fingerprint density at radius 2 is 1.50 bits per heavy atom. The van der Waals surface area contributed by atoms with Crippen LogP contribution in [0.4, 0.5) is 16.2 Å². The third-order valence-electron chi connectivity index (χ3n) is 4.18. The van der Waals surface area contributed by atoms with Crippen LogP contribution >= 0.6 is 0 Å². The number of carbonyl (C=O) groups is 2. The Morgan fingerprint density at radius 3 is 2.00 bits per heavy atom. The number of anilines is 2. The quantitative estimate of drug-likeness (QED) is 0.657. The van der Waals surface area contributed by atoms with Crippen molar-refractivity contribution >= 4 is 33.3 Å². The van der Waals surface area contributed by atoms with Crippen LogP contribution in [0, 0.1) is 6.92 Å². The molecule has 0 saturated carbocycles. The van der Waals surface area contributed by atoms with Crippen LogP contribution in [0.3, 0.4) is 0 Å². The lowest BCUT2D eigenvalue weighted by atomic mass is 10.1. The number of sulfonamides is 1. The third-order valence-corrected chi connectivity index (χ3v) is 6.38. The highest BCUT2D eigenvalue weighted by molar-refractivity contribution is 7.89. The summed E-state index contributed by atoms with van der Waals surface area (Å²) in [5.74, 6) is -0.438. The van der Waals surface area contributed by atoms with Crippen molar-refractivity contribution in [1.29, 1.82) is 0 Å². The number of hydrogen-bond donors (Lipinski definition) is 3. The first-order valence-corrected chi connectivity index (χ1v) is 10.2. The standard InChI is InChI=1S/C19H24N4O4S/c1-4-23(5-2)28(26,27)17-12-14(7-6-13(17)3)18(24)21-15-8-10-16(11-9-15)22-19(20)25/h6-12H,4-5H2,1-3H3,(H,21,24)(H3,20,22,25). The normalized spacial score (nSPS) is 11.3. The molecule has 0 heterocycles. The number of aryl methyl sites for hydroxylation is 1. The van der Waals surface area contributed by atoms with Gasteiger partial charge in [-0.15, -0.1) is 0 Å². The Hall–Kier alpha value is -2.91. The highest BCUT2D eigenvalue weighted by atomic mass is 32.2. The molecule has 0 fully saturated rings. The molecule has 0 atom stereocenters. The molecule has 28 heavy (non-hydrogen) atoms. The van der Waals surface area contributed by atoms with Crippen molar-refractivity contribution in [3.05, 3.63) is 53.6 Å². The minimum Gasteiger partial charge on any atom is -0.351 e. The van der Waals surface area contributed by atoms with Crippen LogP contribution in [0.15, 0.2) is 47.4 Å². The van der Waals surface area contributed by atoms with E-state index < -0.39 is 22.0 Å². The predicted molar refractivity (Wildman–Crippen MR) is 109 cm³/mol. The molecular formula is C19H24N4O4S. The first-order chi connectivity index (χ1) is 13.2. The maximum Gasteiger partial charge on any atom is 0.316 e. The Bertz CT molecular complexity index is 968. The number of primary amides is 1. The summed E-state index contributed by atoms with van der Waals surface area (Å²) in [4.78, 5) is 23.5. The van der Waals surface area contributed by atoms with Gasteiger partial charge < -0.3 is 16.4 Å². The first-order valence-electron chi connectivity index (χ1n) is 8.77. The SMILES string of the molecule is CCN(CC)S(=O)(=O)c1cc(C(=O)Nc2ccc(NC(N)=O)cc2)ccc1C. The summed E-state index contributed by atoms with van der Waals surface area (Å²) in [5.41, 5.74) is 6.84. The van der Waals surface area contributed by atoms with Gasteiger partial charge in [0.15, 0.2) is 0 Å². The number of urea groups is 1. The summed E-state index contributed by atoms with van der Waals surface area (Å²) >= 11 is 0. The van der Waals surface area contributed by atoms with E-state index in [9.17, 15) is 18.0 Å². The number of hydrogen-bond acceptors (Lipinski definition) is 4. The zero-order valence-corrected chi connectivity index (χ0v) is 16.8. The Morgan fingerprint density at radius 1 is 0.964 bits per heavy atom. The second-order valence-electron chi connectivity index (χ2n) is 6.09. The van der Waals surface area contributed by atoms with Gasteiger partial charge in [-0.2, -0.15) is 4.31 Å². The van der Waals surface area contributed by atoms with E-state index in [4.69, 9.17) is 5.73 Å². The molecule has 9 heteroatoms. The topological polar surface area (TPSA) is 122 Å². The van der Waals surface area contributed by atoms with Crippen molar-refractivity contribution in [2.24, 2.45) is 5.73 Å². The minimum absolute atomic E-state index is 0.116. The van der Waals surface area contributed by atoms with Crippen molar-refractivity contribution in [3.63, 3.8) is 0 Å². The number of rotatable bonds is 7. The monoisotopic (exact) mass is 404 g/mol. The van der Waals surface area contributed by atoms with Crippen LogP contribution in [0.5, 0.6) is 0 Å². The summed E-state index contributed by atoms with van der Waals surface area (Å²) in [6.45, 7) is 5.93. The minimum atomic E-state index is -3.68. The molecule has 3 amide bonds. The lowest BCUT2D eigenvalue weighted by Gasteiger charge is -2.20. The average Bonchev–Trinajstić information content (AvgIpc) is 2.63. The van der Waals surface area contributed by atoms with Crippen molar-refractivity contribution in [2.45, 2.75) is 25.7 Å². The van der Waals surface area contributed by atoms with Crippen molar-refractivity contribution in [3.8, 4) is 0 Å². The number of nitrogens with one attached hydrogen (secondary N) is 2. The van der Waals surface area contributed by atoms with E-state index >= 15 is 0 Å². The molecule has 0 radical (unpaired) electrons. The van der Waals surface area contributed by atoms with Crippen LogP contribution in [-0.2, 0) is 10.0 Å². The fraction of sp³-hybridized carbons (Fsp3) is 0.263. The van der Waals surface area contributed by atoms with Crippen LogP contribution in [0.25, 0.3) is 0 Å². The van der Waals surface area contributed by atoms with Gasteiger partial charge in [0, 0.05) is 30.0 Å². The van der Waals surface area contributed by atoms with Crippen LogP contribution in [0.2, 0.25) is 0 Å². The van der Waals surface area contributed by atoms with Gasteiger partial charge in [-0.05, 0) is 48.9 Å². The lowest BCUT2D eigenvalue weighted by Crippen LogP contribution is -2.31. The van der Waals surface area contributed by atoms with E-state index in [1.54, 1.807) is 57.2 Å². The van der Waals surface area contributed by atoms with Gasteiger partial charge in [-0.1, -0.05) is 19.9 Å². The van der Waals surface area contributed by atoms with Gasteiger partial charge in [0.05, 0.1) is 4.90 Å². The number of nitrogens with zero attached hydrogens (tertiary/aromatic N) is 1. The van der Waals surface area contributed by atoms with Gasteiger partial charge in [0.1, 0.15) is 0 Å². The molecule has 150 valence electrons. The number of benzene rings is 2. The molecule has 4 N–H and O–H groups in total. The molecule has 2 aromatic rings. The maximum absolute atomic E-state index is 12.8. The molecule has 2 rings (SSSR count). The summed E-state index contributed by atoms with van der Waals surface area (Å²) in [7, 11) is -3.68. The van der Waals surface area contributed by atoms with E-state index in [0.29, 0.717) is 30.0 Å². The largest absolute Gasteiger partial charge is 0.351 e. The van der Waals surface area contributed by atoms with Gasteiger partial charge in [-0.25, -0.2) is 13.2 Å². The van der Waals surface area contributed by atoms with Gasteiger partial charge in [-0.3, -0.25) is 4.79 Å². The molecule has 0 unspecified atom stereocenters. The summed E-state index contributed by atoms with van der Waals surface area (Å²) in [5, 5.41) is 5.13. The fourth-order valence-electron chi connectivity index (χ4n) is 2.70. The van der Waals surface area contributed by atoms with Gasteiger partial charge >= 0.3 is 6.03 Å². The van der Waals surface area contributed by atoms with Crippen molar-refractivity contribution in [2.75, 3.05) is 23.7 Å². The van der Waals surface area contributed by atoms with Crippen molar-refractivity contribution in [1.82, 2.24) is 4.31 Å². The zero-order chi connectivity index (χ0) is 20.9. The Labute approximate surface area is 164 Å². The van der Waals surface area contributed by atoms with Crippen LogP contribution in [-0.4, -0.2) is 37.8 Å². The third kappa shape index (κ3) is 4.87. The Balaban J connectivity index is 2.26. The maximum atomic E-state index is 12.8. The van der Waals surface area contributed by atoms with E-state index in [2.05, 4.69) is 10.6 Å². The van der Waals surface area contributed by atoms with Crippen molar-refractivity contribution < 1.29 is 18.0 Å². The smallest absolute Gasteiger partial charge is 0.316 e. The summed E-state index contributed by atoms with van der Waals surface area (Å²) in [6, 6.07) is 10.3. The van der Waals surface area contributed by atoms with Crippen LogP contribution < -0.4 is 16.4 Å². The number of nitrogens with two attached hydrogens (primary N) is 1. The molecule has 0 saturated heterocycles. The van der Waals surface area contributed by atoms with E-state index in [1.807, 2.05) is 0 Å². The Kier molecular flexibility index (Phi) is 6.76. The van der Waals surface area contributed by atoms with E-state index in [-0.39, 0.29) is 10.5 Å². The molecule has 8 nitrogen and oxygen atoms in total. The fourth-order valence-corrected chi connectivity index (χ4v) is 4.41. The van der Waals surface area contributed by atoms with E-state index in [1.165, 1.54) is 10.4 Å². The molecule has 2 aromatic carbocycles.